The van der Waals surface area contributed by atoms with Gasteiger partial charge in [-0.05, 0) is 23.6 Å². The first-order valence-electron chi connectivity index (χ1n) is 9.63. The number of halogens is 1. The molecule has 0 aliphatic heterocycles. The molecule has 0 radical (unpaired) electrons. The van der Waals surface area contributed by atoms with E-state index >= 15 is 0 Å². The normalized spacial score (nSPS) is 10.9. The van der Waals surface area contributed by atoms with Crippen LogP contribution in [0.1, 0.15) is 10.6 Å². The number of anilines is 1. The summed E-state index contributed by atoms with van der Waals surface area (Å²) >= 11 is 1.74. The first-order chi connectivity index (χ1) is 14.7. The molecule has 3 rings (SSSR count). The number of benzene rings is 1. The van der Waals surface area contributed by atoms with Crippen LogP contribution in [0, 0.1) is 0 Å². The fourth-order valence-electron chi connectivity index (χ4n) is 2.92. The molecule has 0 saturated heterocycles. The Labute approximate surface area is 203 Å². The number of methoxy groups -OCH3 is 3. The predicted octanol–water partition coefficient (Wildman–Crippen LogP) is 4.83. The minimum absolute atomic E-state index is 0. The molecule has 0 unspecified atom stereocenters. The molecular weight excluding hydrogens is 529 g/mol. The highest BCUT2D eigenvalue weighted by atomic mass is 127. The number of hydrogen-bond acceptors (Lipinski definition) is 6. The van der Waals surface area contributed by atoms with Crippen molar-refractivity contribution in [1.82, 2.24) is 5.32 Å². The molecule has 0 aliphatic carbocycles. The van der Waals surface area contributed by atoms with Crippen LogP contribution in [0.15, 0.2) is 57.5 Å². The smallest absolute Gasteiger partial charge is 0.203 e. The second kappa shape index (κ2) is 13.1. The molecule has 0 aliphatic rings. The van der Waals surface area contributed by atoms with E-state index in [9.17, 15) is 0 Å². The summed E-state index contributed by atoms with van der Waals surface area (Å²) < 4.78 is 21.7. The van der Waals surface area contributed by atoms with Crippen molar-refractivity contribution in [3.05, 3.63) is 58.7 Å². The Morgan fingerprint density at radius 3 is 2.39 bits per heavy atom. The summed E-state index contributed by atoms with van der Waals surface area (Å²) in [6, 6.07) is 11.7. The molecule has 31 heavy (non-hydrogen) atoms. The molecule has 0 fully saturated rings. The predicted molar refractivity (Wildman–Crippen MR) is 136 cm³/mol. The van der Waals surface area contributed by atoms with Crippen molar-refractivity contribution >= 4 is 47.0 Å². The van der Waals surface area contributed by atoms with Crippen LogP contribution in [0.3, 0.4) is 0 Å². The quantitative estimate of drug-likeness (QED) is 0.211. The zero-order valence-corrected chi connectivity index (χ0v) is 21.0. The highest BCUT2D eigenvalue weighted by Gasteiger charge is 2.14. The van der Waals surface area contributed by atoms with Crippen molar-refractivity contribution in [2.45, 2.75) is 12.8 Å². The third-order valence-electron chi connectivity index (χ3n) is 4.38. The lowest BCUT2D eigenvalue weighted by atomic mass is 10.2. The van der Waals surface area contributed by atoms with E-state index in [2.05, 4.69) is 28.1 Å². The Morgan fingerprint density at radius 1 is 1.03 bits per heavy atom. The van der Waals surface area contributed by atoms with Gasteiger partial charge in [-0.2, -0.15) is 0 Å². The number of rotatable bonds is 10. The van der Waals surface area contributed by atoms with Gasteiger partial charge in [-0.3, -0.25) is 4.99 Å². The van der Waals surface area contributed by atoms with Crippen LogP contribution in [0.5, 0.6) is 17.2 Å². The van der Waals surface area contributed by atoms with E-state index in [1.54, 1.807) is 38.9 Å². The molecule has 3 aromatic rings. The van der Waals surface area contributed by atoms with Crippen LogP contribution in [0.4, 0.5) is 5.69 Å². The molecule has 0 bridgehead atoms. The van der Waals surface area contributed by atoms with E-state index in [1.165, 1.54) is 4.88 Å². The maximum atomic E-state index is 5.44. The minimum atomic E-state index is 0. The SMILES string of the molecule is COc1cc(NC(=NCCc2cccs2)NCCc2ccco2)cc(OC)c1OC.I. The van der Waals surface area contributed by atoms with Crippen LogP contribution in [-0.2, 0) is 12.8 Å². The van der Waals surface area contributed by atoms with Gasteiger partial charge < -0.3 is 29.3 Å². The summed E-state index contributed by atoms with van der Waals surface area (Å²) in [5.41, 5.74) is 0.782. The van der Waals surface area contributed by atoms with E-state index in [1.807, 2.05) is 24.3 Å². The lowest BCUT2D eigenvalue weighted by molar-refractivity contribution is 0.324. The summed E-state index contributed by atoms with van der Waals surface area (Å²) in [7, 11) is 4.78. The average molecular weight is 557 g/mol. The Kier molecular flexibility index (Phi) is 10.5. The second-order valence-corrected chi connectivity index (χ2v) is 7.39. The lowest BCUT2D eigenvalue weighted by Crippen LogP contribution is -2.32. The van der Waals surface area contributed by atoms with Gasteiger partial charge in [0.2, 0.25) is 5.75 Å². The van der Waals surface area contributed by atoms with Gasteiger partial charge in [-0.1, -0.05) is 6.07 Å². The first-order valence-corrected chi connectivity index (χ1v) is 10.5. The topological polar surface area (TPSA) is 77.2 Å². The summed E-state index contributed by atoms with van der Waals surface area (Å²) in [6.07, 6.45) is 3.32. The van der Waals surface area contributed by atoms with Crippen molar-refractivity contribution in [2.75, 3.05) is 39.7 Å². The average Bonchev–Trinajstić information content (AvgIpc) is 3.47. The van der Waals surface area contributed by atoms with Gasteiger partial charge in [-0.25, -0.2) is 0 Å². The van der Waals surface area contributed by atoms with Gasteiger partial charge in [0.25, 0.3) is 0 Å². The zero-order chi connectivity index (χ0) is 21.2. The lowest BCUT2D eigenvalue weighted by Gasteiger charge is -2.17. The van der Waals surface area contributed by atoms with E-state index < -0.39 is 0 Å². The molecule has 0 saturated carbocycles. The highest BCUT2D eigenvalue weighted by Crippen LogP contribution is 2.39. The van der Waals surface area contributed by atoms with E-state index in [0.29, 0.717) is 36.3 Å². The summed E-state index contributed by atoms with van der Waals surface area (Å²) in [6.45, 7) is 1.35. The molecule has 7 nitrogen and oxygen atoms in total. The summed E-state index contributed by atoms with van der Waals surface area (Å²) in [5, 5.41) is 8.77. The number of ether oxygens (including phenoxy) is 3. The van der Waals surface area contributed by atoms with Gasteiger partial charge in [0.05, 0.1) is 27.6 Å². The fourth-order valence-corrected chi connectivity index (χ4v) is 3.62. The van der Waals surface area contributed by atoms with Crippen molar-refractivity contribution in [2.24, 2.45) is 4.99 Å². The number of furan rings is 1. The zero-order valence-electron chi connectivity index (χ0n) is 17.8. The van der Waals surface area contributed by atoms with Gasteiger partial charge in [0, 0.05) is 48.6 Å². The van der Waals surface area contributed by atoms with Crippen LogP contribution < -0.4 is 24.8 Å². The number of thiophene rings is 1. The van der Waals surface area contributed by atoms with Gasteiger partial charge >= 0.3 is 0 Å². The molecule has 0 amide bonds. The number of nitrogens with one attached hydrogen (secondary N) is 2. The minimum Gasteiger partial charge on any atom is -0.493 e. The van der Waals surface area contributed by atoms with Gasteiger partial charge in [0.1, 0.15) is 5.76 Å². The Balaban J connectivity index is 0.00000341. The van der Waals surface area contributed by atoms with Crippen molar-refractivity contribution in [1.29, 1.82) is 0 Å². The Hall–Kier alpha value is -2.40. The van der Waals surface area contributed by atoms with Crippen molar-refractivity contribution in [3.63, 3.8) is 0 Å². The van der Waals surface area contributed by atoms with Crippen LogP contribution in [0.25, 0.3) is 0 Å². The van der Waals surface area contributed by atoms with Crippen LogP contribution in [-0.4, -0.2) is 40.4 Å². The fraction of sp³-hybridized carbons (Fsp3) is 0.318. The molecule has 168 valence electrons. The number of aliphatic imine (C=N–C) groups is 1. The number of nitrogens with zero attached hydrogens (tertiary/aromatic N) is 1. The van der Waals surface area contributed by atoms with Crippen molar-refractivity contribution < 1.29 is 18.6 Å². The van der Waals surface area contributed by atoms with Crippen LogP contribution in [0.2, 0.25) is 0 Å². The molecule has 9 heteroatoms. The monoisotopic (exact) mass is 557 g/mol. The van der Waals surface area contributed by atoms with Crippen molar-refractivity contribution in [3.8, 4) is 17.2 Å². The van der Waals surface area contributed by atoms with Gasteiger partial charge in [-0.15, -0.1) is 35.3 Å². The largest absolute Gasteiger partial charge is 0.493 e. The first kappa shape index (κ1) is 24.9. The summed E-state index contributed by atoms with van der Waals surface area (Å²) in [4.78, 5) is 6.03. The van der Waals surface area contributed by atoms with Gasteiger partial charge in [0.15, 0.2) is 17.5 Å². The third kappa shape index (κ3) is 7.35. The maximum absolute atomic E-state index is 5.44. The number of hydrogen-bond donors (Lipinski definition) is 2. The number of guanidine groups is 1. The molecule has 0 spiro atoms. The molecule has 2 heterocycles. The standard InChI is InChI=1S/C22H27N3O4S.HI/c1-26-19-14-16(15-20(27-2)21(19)28-3)25-22(23-10-8-17-6-4-12-29-17)24-11-9-18-7-5-13-30-18;/h4-7,12-15H,8-11H2,1-3H3,(H2,23,24,25);1H. The maximum Gasteiger partial charge on any atom is 0.203 e. The van der Waals surface area contributed by atoms with E-state index in [0.717, 1.165) is 24.3 Å². The second-order valence-electron chi connectivity index (χ2n) is 6.35. The highest BCUT2D eigenvalue weighted by molar-refractivity contribution is 14.0. The van der Waals surface area contributed by atoms with Crippen LogP contribution >= 0.6 is 35.3 Å². The molecule has 0 atom stereocenters. The van der Waals surface area contributed by atoms with E-state index in [-0.39, 0.29) is 24.0 Å². The molecule has 1 aromatic carbocycles. The van der Waals surface area contributed by atoms with E-state index in [4.69, 9.17) is 23.6 Å². The Morgan fingerprint density at radius 2 is 1.81 bits per heavy atom. The molecule has 2 aromatic heterocycles. The molecular formula is C22H28IN3O4S. The third-order valence-corrected chi connectivity index (χ3v) is 5.32. The summed E-state index contributed by atoms with van der Waals surface area (Å²) in [5.74, 6) is 3.30. The Bertz CT molecular complexity index is 905. The molecule has 2 N–H and O–H groups in total.